The molecule has 2 rings (SSSR count). The van der Waals surface area contributed by atoms with Crippen LogP contribution < -0.4 is 10.6 Å². The quantitative estimate of drug-likeness (QED) is 0.783. The molecule has 1 unspecified atom stereocenters. The number of aryl methyl sites for hydroxylation is 1. The van der Waals surface area contributed by atoms with Gasteiger partial charge in [-0.2, -0.15) is 5.10 Å². The molecule has 0 spiro atoms. The molecule has 25 heavy (non-hydrogen) atoms. The van der Waals surface area contributed by atoms with Gasteiger partial charge >= 0.3 is 6.09 Å². The van der Waals surface area contributed by atoms with Crippen molar-refractivity contribution in [3.63, 3.8) is 0 Å². The molecule has 8 nitrogen and oxygen atoms in total. The Morgan fingerprint density at radius 3 is 2.64 bits per heavy atom. The minimum Gasteiger partial charge on any atom is -0.444 e. The Bertz CT molecular complexity index is 753. The standard InChI is InChI=1S/C16H25BrN6O2/c1-9(2)10(21-15(24)25-16(3,4)5)7-18-13-11-12(17)22-23(6)14(11)20-8-19-13/h8-10H,7H2,1-6H3,(H,21,24)(H,18,19,20). The van der Waals surface area contributed by atoms with Crippen LogP contribution in [-0.4, -0.2) is 44.0 Å². The van der Waals surface area contributed by atoms with E-state index in [1.807, 2.05) is 41.7 Å². The maximum atomic E-state index is 12.0. The summed E-state index contributed by atoms with van der Waals surface area (Å²) in [5.41, 5.74) is 0.198. The van der Waals surface area contributed by atoms with E-state index in [1.165, 1.54) is 6.33 Å². The van der Waals surface area contributed by atoms with Crippen LogP contribution in [0.25, 0.3) is 11.0 Å². The lowest BCUT2D eigenvalue weighted by atomic mass is 10.0. The molecule has 2 heterocycles. The summed E-state index contributed by atoms with van der Waals surface area (Å²) in [6, 6.07) is -0.115. The molecule has 0 saturated heterocycles. The first-order valence-corrected chi connectivity index (χ1v) is 8.94. The number of hydrogen-bond donors (Lipinski definition) is 2. The van der Waals surface area contributed by atoms with Gasteiger partial charge in [0.1, 0.15) is 22.3 Å². The summed E-state index contributed by atoms with van der Waals surface area (Å²) in [6.07, 6.45) is 1.06. The van der Waals surface area contributed by atoms with Crippen molar-refractivity contribution in [1.82, 2.24) is 25.1 Å². The molecule has 2 aromatic heterocycles. The topological polar surface area (TPSA) is 94.0 Å². The Morgan fingerprint density at radius 1 is 1.36 bits per heavy atom. The average molecular weight is 413 g/mol. The van der Waals surface area contributed by atoms with Gasteiger partial charge in [0, 0.05) is 13.6 Å². The maximum Gasteiger partial charge on any atom is 0.407 e. The molecule has 0 saturated carbocycles. The zero-order valence-corrected chi connectivity index (χ0v) is 17.0. The molecule has 2 aromatic rings. The fourth-order valence-corrected chi connectivity index (χ4v) is 2.90. The van der Waals surface area contributed by atoms with Crippen LogP contribution in [0.3, 0.4) is 0 Å². The maximum absolute atomic E-state index is 12.0. The SMILES string of the molecule is CC(C)C(CNc1ncnc2c1c(Br)nn2C)NC(=O)OC(C)(C)C. The molecule has 1 atom stereocenters. The van der Waals surface area contributed by atoms with E-state index in [-0.39, 0.29) is 12.0 Å². The van der Waals surface area contributed by atoms with E-state index in [2.05, 4.69) is 41.6 Å². The molecule has 138 valence electrons. The largest absolute Gasteiger partial charge is 0.444 e. The van der Waals surface area contributed by atoms with Crippen molar-refractivity contribution in [1.29, 1.82) is 0 Å². The lowest BCUT2D eigenvalue weighted by molar-refractivity contribution is 0.0494. The fourth-order valence-electron chi connectivity index (χ4n) is 2.29. The fraction of sp³-hybridized carbons (Fsp3) is 0.625. The van der Waals surface area contributed by atoms with Gasteiger partial charge in [0.2, 0.25) is 0 Å². The van der Waals surface area contributed by atoms with Gasteiger partial charge in [-0.05, 0) is 42.6 Å². The number of ether oxygens (including phenoxy) is 1. The average Bonchev–Trinajstić information content (AvgIpc) is 2.77. The Balaban J connectivity index is 2.11. The molecule has 0 aliphatic rings. The van der Waals surface area contributed by atoms with Crippen LogP contribution >= 0.6 is 15.9 Å². The Labute approximate surface area is 155 Å². The van der Waals surface area contributed by atoms with Crippen molar-refractivity contribution < 1.29 is 9.53 Å². The normalized spacial score (nSPS) is 13.1. The third-order valence-corrected chi connectivity index (χ3v) is 4.13. The number of carbonyl (C=O) groups excluding carboxylic acids is 1. The third kappa shape index (κ3) is 5.04. The van der Waals surface area contributed by atoms with Gasteiger partial charge < -0.3 is 15.4 Å². The molecular formula is C16H25BrN6O2. The summed E-state index contributed by atoms with van der Waals surface area (Å²) in [6.45, 7) is 10.1. The third-order valence-electron chi connectivity index (χ3n) is 3.57. The van der Waals surface area contributed by atoms with E-state index >= 15 is 0 Å². The molecule has 0 fully saturated rings. The molecule has 0 bridgehead atoms. The first-order chi connectivity index (χ1) is 11.6. The molecule has 0 aliphatic carbocycles. The number of halogens is 1. The summed E-state index contributed by atoms with van der Waals surface area (Å²) >= 11 is 3.44. The summed E-state index contributed by atoms with van der Waals surface area (Å²) in [5.74, 6) is 0.885. The smallest absolute Gasteiger partial charge is 0.407 e. The van der Waals surface area contributed by atoms with Crippen LogP contribution in [0.4, 0.5) is 10.6 Å². The van der Waals surface area contributed by atoms with Gasteiger partial charge in [-0.1, -0.05) is 13.8 Å². The minimum absolute atomic E-state index is 0.115. The second-order valence-corrected chi connectivity index (χ2v) is 7.96. The van der Waals surface area contributed by atoms with Gasteiger partial charge in [0.25, 0.3) is 0 Å². The number of aromatic nitrogens is 4. The number of anilines is 1. The predicted octanol–water partition coefficient (Wildman–Crippen LogP) is 3.09. The van der Waals surface area contributed by atoms with Crippen LogP contribution in [0.2, 0.25) is 0 Å². The van der Waals surface area contributed by atoms with Crippen LogP contribution in [0.5, 0.6) is 0 Å². The van der Waals surface area contributed by atoms with E-state index in [4.69, 9.17) is 4.74 Å². The van der Waals surface area contributed by atoms with Crippen LogP contribution in [0, 0.1) is 5.92 Å². The van der Waals surface area contributed by atoms with Crippen molar-refractivity contribution in [3.8, 4) is 0 Å². The lowest BCUT2D eigenvalue weighted by Gasteiger charge is -2.26. The highest BCUT2D eigenvalue weighted by Crippen LogP contribution is 2.26. The van der Waals surface area contributed by atoms with Gasteiger partial charge in [0.05, 0.1) is 11.4 Å². The van der Waals surface area contributed by atoms with Crippen molar-refractivity contribution in [2.24, 2.45) is 13.0 Å². The molecule has 0 aromatic carbocycles. The van der Waals surface area contributed by atoms with Crippen molar-refractivity contribution in [2.45, 2.75) is 46.3 Å². The second kappa shape index (κ2) is 7.55. The van der Waals surface area contributed by atoms with Gasteiger partial charge in [0.15, 0.2) is 5.65 Å². The summed E-state index contributed by atoms with van der Waals surface area (Å²) in [5, 5.41) is 11.3. The summed E-state index contributed by atoms with van der Waals surface area (Å²) < 4.78 is 7.70. The molecule has 0 radical (unpaired) electrons. The highest BCUT2D eigenvalue weighted by atomic mass is 79.9. The number of rotatable bonds is 5. The van der Waals surface area contributed by atoms with E-state index in [0.717, 1.165) is 11.0 Å². The van der Waals surface area contributed by atoms with Crippen LogP contribution in [0.1, 0.15) is 34.6 Å². The van der Waals surface area contributed by atoms with E-state index in [0.29, 0.717) is 17.0 Å². The Hall–Kier alpha value is -1.90. The van der Waals surface area contributed by atoms with Crippen molar-refractivity contribution in [3.05, 3.63) is 10.9 Å². The Kier molecular flexibility index (Phi) is 5.87. The minimum atomic E-state index is -0.529. The summed E-state index contributed by atoms with van der Waals surface area (Å²) in [4.78, 5) is 20.6. The molecule has 9 heteroatoms. The zero-order chi connectivity index (χ0) is 18.8. The number of nitrogens with zero attached hydrogens (tertiary/aromatic N) is 4. The molecular weight excluding hydrogens is 388 g/mol. The first kappa shape index (κ1) is 19.4. The monoisotopic (exact) mass is 412 g/mol. The molecule has 1 amide bonds. The number of carbonyl (C=O) groups is 1. The van der Waals surface area contributed by atoms with Gasteiger partial charge in [-0.15, -0.1) is 0 Å². The van der Waals surface area contributed by atoms with Gasteiger partial charge in [-0.3, -0.25) is 0 Å². The number of nitrogens with one attached hydrogen (secondary N) is 2. The van der Waals surface area contributed by atoms with Crippen LogP contribution in [0.15, 0.2) is 10.9 Å². The zero-order valence-electron chi connectivity index (χ0n) is 15.4. The van der Waals surface area contributed by atoms with Crippen molar-refractivity contribution in [2.75, 3.05) is 11.9 Å². The van der Waals surface area contributed by atoms with Crippen LogP contribution in [-0.2, 0) is 11.8 Å². The molecule has 0 aliphatic heterocycles. The van der Waals surface area contributed by atoms with E-state index < -0.39 is 11.7 Å². The number of fused-ring (bicyclic) bond motifs is 1. The van der Waals surface area contributed by atoms with Gasteiger partial charge in [-0.25, -0.2) is 19.4 Å². The number of hydrogen-bond acceptors (Lipinski definition) is 6. The van der Waals surface area contributed by atoms with E-state index in [1.54, 1.807) is 4.68 Å². The lowest BCUT2D eigenvalue weighted by Crippen LogP contribution is -2.45. The highest BCUT2D eigenvalue weighted by molar-refractivity contribution is 9.10. The summed E-state index contributed by atoms with van der Waals surface area (Å²) in [7, 11) is 1.82. The Morgan fingerprint density at radius 2 is 2.04 bits per heavy atom. The highest BCUT2D eigenvalue weighted by Gasteiger charge is 2.22. The predicted molar refractivity (Wildman–Crippen MR) is 100 cm³/mol. The molecule has 2 N–H and O–H groups in total. The number of alkyl carbamates (subject to hydrolysis) is 1. The van der Waals surface area contributed by atoms with E-state index in [9.17, 15) is 4.79 Å². The first-order valence-electron chi connectivity index (χ1n) is 8.15. The number of amides is 1. The second-order valence-electron chi connectivity index (χ2n) is 7.21. The van der Waals surface area contributed by atoms with Crippen molar-refractivity contribution >= 4 is 38.9 Å².